The van der Waals surface area contributed by atoms with Crippen LogP contribution in [0.3, 0.4) is 0 Å². The zero-order valence-electron chi connectivity index (χ0n) is 17.7. The van der Waals surface area contributed by atoms with Crippen molar-refractivity contribution in [1.82, 2.24) is 14.8 Å². The van der Waals surface area contributed by atoms with Crippen LogP contribution in [0.25, 0.3) is 10.9 Å². The zero-order chi connectivity index (χ0) is 21.4. The van der Waals surface area contributed by atoms with Gasteiger partial charge in [0.1, 0.15) is 16.4 Å². The first-order valence-corrected chi connectivity index (χ1v) is 12.3. The summed E-state index contributed by atoms with van der Waals surface area (Å²) in [6, 6.07) is 12.4. The fraction of sp³-hybridized carbons (Fsp3) is 0.545. The number of rotatable bonds is 6. The highest BCUT2D eigenvalue weighted by Crippen LogP contribution is 2.28. The average molecular weight is 431 g/mol. The van der Waals surface area contributed by atoms with E-state index in [0.717, 1.165) is 62.3 Å². The molecule has 0 unspecified atom stereocenters. The molecule has 2 aromatic rings. The number of carbonyl (C=O) groups excluding carboxylic acids is 1. The predicted molar refractivity (Wildman–Crippen MR) is 119 cm³/mol. The van der Waals surface area contributed by atoms with Crippen molar-refractivity contribution >= 4 is 32.5 Å². The van der Waals surface area contributed by atoms with E-state index in [4.69, 9.17) is 4.98 Å². The third-order valence-electron chi connectivity index (χ3n) is 6.34. The van der Waals surface area contributed by atoms with Crippen molar-refractivity contribution in [3.8, 4) is 0 Å². The fourth-order valence-corrected chi connectivity index (χ4v) is 5.55. The number of hydrogen-bond acceptors (Lipinski definition) is 6. The molecule has 0 spiro atoms. The SMILES string of the molecule is CC1(C)C(=O)N(CCCCN2CCN(c3ccc4ccccc4n3)CC2)CS1(=O)=O. The fourth-order valence-electron chi connectivity index (χ4n) is 4.18. The molecule has 0 aliphatic carbocycles. The molecule has 0 radical (unpaired) electrons. The van der Waals surface area contributed by atoms with Crippen molar-refractivity contribution < 1.29 is 13.2 Å². The van der Waals surface area contributed by atoms with Crippen LogP contribution in [0.2, 0.25) is 0 Å². The summed E-state index contributed by atoms with van der Waals surface area (Å²) >= 11 is 0. The third kappa shape index (κ3) is 4.03. The van der Waals surface area contributed by atoms with Gasteiger partial charge in [-0.2, -0.15) is 0 Å². The Morgan fingerprint density at radius 3 is 2.37 bits per heavy atom. The molecule has 0 N–H and O–H groups in total. The Hall–Kier alpha value is -2.19. The number of carbonyl (C=O) groups is 1. The summed E-state index contributed by atoms with van der Waals surface area (Å²) in [7, 11) is -3.37. The number of para-hydroxylation sites is 1. The van der Waals surface area contributed by atoms with Crippen molar-refractivity contribution in [2.24, 2.45) is 0 Å². The van der Waals surface area contributed by atoms with Crippen LogP contribution in [0, 0.1) is 0 Å². The smallest absolute Gasteiger partial charge is 0.244 e. The van der Waals surface area contributed by atoms with Crippen LogP contribution in [-0.2, 0) is 14.6 Å². The van der Waals surface area contributed by atoms with Crippen molar-refractivity contribution in [1.29, 1.82) is 0 Å². The normalized spacial score (nSPS) is 21.5. The number of unbranched alkanes of at least 4 members (excludes halogenated alkanes) is 1. The molecule has 2 aliphatic heterocycles. The molecular formula is C22H30N4O3S. The van der Waals surface area contributed by atoms with Crippen LogP contribution in [0.5, 0.6) is 0 Å². The number of hydrogen-bond donors (Lipinski definition) is 0. The number of pyridine rings is 1. The highest BCUT2D eigenvalue weighted by molar-refractivity contribution is 7.94. The number of benzene rings is 1. The van der Waals surface area contributed by atoms with Crippen LogP contribution >= 0.6 is 0 Å². The first-order chi connectivity index (χ1) is 14.3. The molecule has 7 nitrogen and oxygen atoms in total. The average Bonchev–Trinajstić information content (AvgIpc) is 2.90. The molecule has 1 aromatic heterocycles. The summed E-state index contributed by atoms with van der Waals surface area (Å²) < 4.78 is 23.0. The second-order valence-corrected chi connectivity index (χ2v) is 11.2. The van der Waals surface area contributed by atoms with E-state index in [2.05, 4.69) is 28.0 Å². The molecule has 3 heterocycles. The maximum atomic E-state index is 12.3. The van der Waals surface area contributed by atoms with E-state index in [1.54, 1.807) is 0 Å². The van der Waals surface area contributed by atoms with Crippen LogP contribution < -0.4 is 4.90 Å². The molecule has 8 heteroatoms. The molecule has 2 aliphatic rings. The Labute approximate surface area is 178 Å². The van der Waals surface area contributed by atoms with Gasteiger partial charge in [-0.3, -0.25) is 9.69 Å². The first kappa shape index (κ1) is 21.1. The van der Waals surface area contributed by atoms with Gasteiger partial charge in [0.15, 0.2) is 9.84 Å². The van der Waals surface area contributed by atoms with Crippen LogP contribution in [0.1, 0.15) is 26.7 Å². The highest BCUT2D eigenvalue weighted by Gasteiger charge is 2.51. The van der Waals surface area contributed by atoms with Crippen molar-refractivity contribution in [2.45, 2.75) is 31.4 Å². The first-order valence-electron chi connectivity index (χ1n) is 10.6. The number of anilines is 1. The minimum atomic E-state index is -3.37. The Bertz CT molecular complexity index is 1030. The molecule has 2 saturated heterocycles. The molecule has 4 rings (SSSR count). The molecule has 0 bridgehead atoms. The molecule has 0 atom stereocenters. The minimum absolute atomic E-state index is 0.143. The van der Waals surface area contributed by atoms with E-state index in [1.807, 2.05) is 18.2 Å². The van der Waals surface area contributed by atoms with Gasteiger partial charge in [-0.1, -0.05) is 18.2 Å². The molecule has 1 aromatic carbocycles. The largest absolute Gasteiger partial charge is 0.354 e. The Morgan fingerprint density at radius 2 is 1.67 bits per heavy atom. The third-order valence-corrected chi connectivity index (χ3v) is 8.72. The summed E-state index contributed by atoms with van der Waals surface area (Å²) in [4.78, 5) is 23.4. The van der Waals surface area contributed by atoms with Crippen molar-refractivity contribution in [3.63, 3.8) is 0 Å². The van der Waals surface area contributed by atoms with Gasteiger partial charge in [-0.25, -0.2) is 13.4 Å². The number of aromatic nitrogens is 1. The molecule has 30 heavy (non-hydrogen) atoms. The van der Waals surface area contributed by atoms with Gasteiger partial charge in [0, 0.05) is 38.1 Å². The van der Waals surface area contributed by atoms with E-state index in [9.17, 15) is 13.2 Å². The quantitative estimate of drug-likeness (QED) is 0.654. The Balaban J connectivity index is 1.21. The number of fused-ring (bicyclic) bond motifs is 1. The van der Waals surface area contributed by atoms with E-state index < -0.39 is 14.6 Å². The van der Waals surface area contributed by atoms with Gasteiger partial charge >= 0.3 is 0 Å². The van der Waals surface area contributed by atoms with Crippen molar-refractivity contribution in [3.05, 3.63) is 36.4 Å². The lowest BCUT2D eigenvalue weighted by Gasteiger charge is -2.35. The number of amides is 1. The van der Waals surface area contributed by atoms with Crippen LogP contribution in [0.15, 0.2) is 36.4 Å². The maximum Gasteiger partial charge on any atom is 0.244 e. The van der Waals surface area contributed by atoms with Crippen molar-refractivity contribution in [2.75, 3.05) is 50.0 Å². The van der Waals surface area contributed by atoms with Gasteiger partial charge in [0.25, 0.3) is 0 Å². The summed E-state index contributed by atoms with van der Waals surface area (Å²) in [5.41, 5.74) is 1.03. The molecule has 2 fully saturated rings. The van der Waals surface area contributed by atoms with E-state index in [0.29, 0.717) is 6.54 Å². The standard InChI is InChI=1S/C22H30N4O3S/c1-22(2)21(27)26(17-30(22,28)29)12-6-5-11-24-13-15-25(16-14-24)20-10-9-18-7-3-4-8-19(18)23-20/h3-4,7-10H,5-6,11-17H2,1-2H3. The highest BCUT2D eigenvalue weighted by atomic mass is 32.2. The lowest BCUT2D eigenvalue weighted by Crippen LogP contribution is -2.47. The Morgan fingerprint density at radius 1 is 0.967 bits per heavy atom. The molecular weight excluding hydrogens is 400 g/mol. The summed E-state index contributed by atoms with van der Waals surface area (Å²) in [5, 5.41) is 1.16. The minimum Gasteiger partial charge on any atom is -0.354 e. The van der Waals surface area contributed by atoms with E-state index >= 15 is 0 Å². The number of sulfone groups is 1. The molecule has 0 saturated carbocycles. The second kappa shape index (κ2) is 8.15. The van der Waals surface area contributed by atoms with Crippen LogP contribution in [-0.4, -0.2) is 79.0 Å². The topological polar surface area (TPSA) is 73.8 Å². The predicted octanol–water partition coefficient (Wildman–Crippen LogP) is 2.13. The number of piperazine rings is 1. The van der Waals surface area contributed by atoms with Gasteiger partial charge in [-0.05, 0) is 51.4 Å². The Kier molecular flexibility index (Phi) is 5.72. The second-order valence-electron chi connectivity index (χ2n) is 8.72. The van der Waals surface area contributed by atoms with Gasteiger partial charge in [0.2, 0.25) is 5.91 Å². The zero-order valence-corrected chi connectivity index (χ0v) is 18.6. The van der Waals surface area contributed by atoms with E-state index in [1.165, 1.54) is 18.7 Å². The monoisotopic (exact) mass is 430 g/mol. The van der Waals surface area contributed by atoms with E-state index in [-0.39, 0.29) is 11.8 Å². The van der Waals surface area contributed by atoms with Crippen LogP contribution in [0.4, 0.5) is 5.82 Å². The summed E-state index contributed by atoms with van der Waals surface area (Å²) in [6.07, 6.45) is 1.78. The maximum absolute atomic E-state index is 12.3. The molecule has 1 amide bonds. The summed E-state index contributed by atoms with van der Waals surface area (Å²) in [5.74, 6) is 0.625. The molecule has 162 valence electrons. The lowest BCUT2D eigenvalue weighted by atomic mass is 10.1. The lowest BCUT2D eigenvalue weighted by molar-refractivity contribution is -0.130. The number of nitrogens with zero attached hydrogens (tertiary/aromatic N) is 4. The van der Waals surface area contributed by atoms with Gasteiger partial charge < -0.3 is 9.80 Å². The van der Waals surface area contributed by atoms with Gasteiger partial charge in [0.05, 0.1) is 5.52 Å². The summed E-state index contributed by atoms with van der Waals surface area (Å²) in [6.45, 7) is 8.37. The van der Waals surface area contributed by atoms with Gasteiger partial charge in [-0.15, -0.1) is 0 Å².